The molecule has 3 aromatic rings. The van der Waals surface area contributed by atoms with Gasteiger partial charge in [-0.2, -0.15) is 0 Å². The van der Waals surface area contributed by atoms with E-state index in [4.69, 9.17) is 9.47 Å². The number of methoxy groups -OCH3 is 1. The normalized spacial score (nSPS) is 12.0. The highest BCUT2D eigenvalue weighted by Crippen LogP contribution is 2.33. The van der Waals surface area contributed by atoms with Crippen molar-refractivity contribution < 1.29 is 22.7 Å². The Labute approximate surface area is 188 Å². The van der Waals surface area contributed by atoms with Crippen LogP contribution in [0, 0.1) is 0 Å². The molecule has 3 aromatic carbocycles. The number of amides is 1. The Bertz CT molecular complexity index is 1170. The molecule has 0 spiro atoms. The number of sulfonamides is 1. The highest BCUT2D eigenvalue weighted by molar-refractivity contribution is 7.92. The molecule has 0 aliphatic carbocycles. The molecule has 1 atom stereocenters. The molecule has 0 heterocycles. The summed E-state index contributed by atoms with van der Waals surface area (Å²) >= 11 is 0. The molecule has 0 bridgehead atoms. The summed E-state index contributed by atoms with van der Waals surface area (Å²) < 4.78 is 37.5. The molecule has 3 rings (SSSR count). The molecular formula is C24H26N2O5S. The van der Waals surface area contributed by atoms with Gasteiger partial charge in [0.2, 0.25) is 15.9 Å². The van der Waals surface area contributed by atoms with Crippen molar-refractivity contribution in [2.45, 2.75) is 13.0 Å². The molecule has 168 valence electrons. The molecule has 0 aliphatic rings. The largest absolute Gasteiger partial charge is 0.496 e. The monoisotopic (exact) mass is 454 g/mol. The number of para-hydroxylation sites is 4. The van der Waals surface area contributed by atoms with Crippen molar-refractivity contribution in [3.8, 4) is 17.2 Å². The second-order valence-electron chi connectivity index (χ2n) is 7.18. The summed E-state index contributed by atoms with van der Waals surface area (Å²) in [7, 11) is -2.22. The van der Waals surface area contributed by atoms with E-state index in [0.29, 0.717) is 17.2 Å². The number of anilines is 1. The Morgan fingerprint density at radius 1 is 0.938 bits per heavy atom. The van der Waals surface area contributed by atoms with Crippen LogP contribution < -0.4 is 19.1 Å². The Kier molecular flexibility index (Phi) is 7.37. The van der Waals surface area contributed by atoms with Crippen LogP contribution in [0.2, 0.25) is 0 Å². The predicted octanol–water partition coefficient (Wildman–Crippen LogP) is 4.13. The smallest absolute Gasteiger partial charge is 0.241 e. The first kappa shape index (κ1) is 23.1. The minimum atomic E-state index is -3.77. The van der Waals surface area contributed by atoms with Gasteiger partial charge in [0.15, 0.2) is 5.75 Å². The third kappa shape index (κ3) is 5.79. The van der Waals surface area contributed by atoms with Crippen molar-refractivity contribution in [1.29, 1.82) is 0 Å². The Morgan fingerprint density at radius 2 is 1.53 bits per heavy atom. The van der Waals surface area contributed by atoms with Crippen LogP contribution in [0.5, 0.6) is 17.2 Å². The van der Waals surface area contributed by atoms with Crippen molar-refractivity contribution >= 4 is 21.6 Å². The van der Waals surface area contributed by atoms with E-state index in [1.165, 1.54) is 0 Å². The van der Waals surface area contributed by atoms with Gasteiger partial charge in [-0.05, 0) is 37.3 Å². The van der Waals surface area contributed by atoms with Crippen LogP contribution in [0.3, 0.4) is 0 Å². The molecule has 0 saturated carbocycles. The van der Waals surface area contributed by atoms with Crippen LogP contribution in [0.4, 0.5) is 5.69 Å². The molecule has 7 nitrogen and oxygen atoms in total. The molecule has 32 heavy (non-hydrogen) atoms. The summed E-state index contributed by atoms with van der Waals surface area (Å²) in [6.45, 7) is 1.42. The molecule has 0 fully saturated rings. The maximum atomic E-state index is 12.8. The van der Waals surface area contributed by atoms with Gasteiger partial charge >= 0.3 is 0 Å². The van der Waals surface area contributed by atoms with E-state index in [-0.39, 0.29) is 11.7 Å². The topological polar surface area (TPSA) is 84.9 Å². The van der Waals surface area contributed by atoms with Crippen LogP contribution in [-0.2, 0) is 14.8 Å². The van der Waals surface area contributed by atoms with Crippen molar-refractivity contribution in [3.63, 3.8) is 0 Å². The average Bonchev–Trinajstić information content (AvgIpc) is 2.78. The van der Waals surface area contributed by atoms with Gasteiger partial charge in [0.1, 0.15) is 18.0 Å². The van der Waals surface area contributed by atoms with Crippen molar-refractivity contribution in [3.05, 3.63) is 84.4 Å². The van der Waals surface area contributed by atoms with Gasteiger partial charge in [-0.15, -0.1) is 0 Å². The van der Waals surface area contributed by atoms with Crippen molar-refractivity contribution in [2.24, 2.45) is 0 Å². The number of hydrogen-bond donors (Lipinski definition) is 1. The average molecular weight is 455 g/mol. The lowest BCUT2D eigenvalue weighted by molar-refractivity contribution is -0.120. The summed E-state index contributed by atoms with van der Waals surface area (Å²) in [4.78, 5) is 12.8. The number of carbonyl (C=O) groups excluding carboxylic acids is 1. The highest BCUT2D eigenvalue weighted by atomic mass is 32.2. The standard InChI is InChI=1S/C24H26N2O5S/c1-18(20-13-7-9-15-22(20)30-2)25-24(27)17-26(32(3,28)29)21-14-8-10-16-23(21)31-19-11-5-4-6-12-19/h4-16,18H,17H2,1-3H3,(H,25,27)/t18-/m1/s1. The fourth-order valence-electron chi connectivity index (χ4n) is 3.27. The number of ether oxygens (including phenoxy) is 2. The molecule has 1 amide bonds. The van der Waals surface area contributed by atoms with Crippen LogP contribution >= 0.6 is 0 Å². The second kappa shape index (κ2) is 10.2. The molecule has 0 saturated heterocycles. The van der Waals surface area contributed by atoms with Crippen LogP contribution in [0.25, 0.3) is 0 Å². The first-order valence-electron chi connectivity index (χ1n) is 10.0. The molecule has 8 heteroatoms. The molecule has 1 N–H and O–H groups in total. The van der Waals surface area contributed by atoms with Crippen LogP contribution in [0.15, 0.2) is 78.9 Å². The fraction of sp³-hybridized carbons (Fsp3) is 0.208. The van der Waals surface area contributed by atoms with E-state index in [9.17, 15) is 13.2 Å². The van der Waals surface area contributed by atoms with E-state index >= 15 is 0 Å². The SMILES string of the molecule is COc1ccccc1[C@@H](C)NC(=O)CN(c1ccccc1Oc1ccccc1)S(C)(=O)=O. The Morgan fingerprint density at radius 3 is 2.19 bits per heavy atom. The number of carbonyl (C=O) groups is 1. The van der Waals surface area contributed by atoms with Gasteiger partial charge in [0.05, 0.1) is 25.1 Å². The zero-order valence-electron chi connectivity index (χ0n) is 18.2. The quantitative estimate of drug-likeness (QED) is 0.526. The molecule has 0 radical (unpaired) electrons. The lowest BCUT2D eigenvalue weighted by atomic mass is 10.1. The van der Waals surface area contributed by atoms with Gasteiger partial charge in [-0.1, -0.05) is 48.5 Å². The van der Waals surface area contributed by atoms with E-state index < -0.39 is 22.5 Å². The third-order valence-electron chi connectivity index (χ3n) is 4.78. The maximum absolute atomic E-state index is 12.8. The Balaban J connectivity index is 1.83. The van der Waals surface area contributed by atoms with Gasteiger partial charge in [-0.25, -0.2) is 8.42 Å². The van der Waals surface area contributed by atoms with E-state index in [1.54, 1.807) is 49.6 Å². The minimum absolute atomic E-state index is 0.277. The van der Waals surface area contributed by atoms with Gasteiger partial charge < -0.3 is 14.8 Å². The molecule has 0 aliphatic heterocycles. The highest BCUT2D eigenvalue weighted by Gasteiger charge is 2.25. The summed E-state index contributed by atoms with van der Waals surface area (Å²) in [6.07, 6.45) is 1.06. The number of rotatable bonds is 9. The van der Waals surface area contributed by atoms with Crippen LogP contribution in [-0.4, -0.2) is 34.2 Å². The zero-order chi connectivity index (χ0) is 23.1. The Hall–Kier alpha value is -3.52. The molecule has 0 aromatic heterocycles. The zero-order valence-corrected chi connectivity index (χ0v) is 19.0. The second-order valence-corrected chi connectivity index (χ2v) is 9.09. The van der Waals surface area contributed by atoms with Crippen molar-refractivity contribution in [2.75, 3.05) is 24.2 Å². The van der Waals surface area contributed by atoms with Gasteiger partial charge in [0.25, 0.3) is 0 Å². The lowest BCUT2D eigenvalue weighted by Gasteiger charge is -2.25. The summed E-state index contributed by atoms with van der Waals surface area (Å²) in [6, 6.07) is 22.7. The van der Waals surface area contributed by atoms with Crippen molar-refractivity contribution in [1.82, 2.24) is 5.32 Å². The van der Waals surface area contributed by atoms with E-state index in [1.807, 2.05) is 43.3 Å². The fourth-order valence-corrected chi connectivity index (χ4v) is 4.13. The number of nitrogens with zero attached hydrogens (tertiary/aromatic N) is 1. The lowest BCUT2D eigenvalue weighted by Crippen LogP contribution is -2.41. The summed E-state index contributed by atoms with van der Waals surface area (Å²) in [5.74, 6) is 1.07. The molecule has 0 unspecified atom stereocenters. The van der Waals surface area contributed by atoms with Gasteiger partial charge in [0, 0.05) is 5.56 Å². The first-order valence-corrected chi connectivity index (χ1v) is 11.9. The maximum Gasteiger partial charge on any atom is 0.241 e. The summed E-state index contributed by atoms with van der Waals surface area (Å²) in [5.41, 5.74) is 1.07. The summed E-state index contributed by atoms with van der Waals surface area (Å²) in [5, 5.41) is 2.85. The third-order valence-corrected chi connectivity index (χ3v) is 5.90. The predicted molar refractivity (Wildman–Crippen MR) is 125 cm³/mol. The number of hydrogen-bond acceptors (Lipinski definition) is 5. The van der Waals surface area contributed by atoms with Crippen LogP contribution in [0.1, 0.15) is 18.5 Å². The first-order chi connectivity index (χ1) is 15.3. The number of nitrogens with one attached hydrogen (secondary N) is 1. The molecular weight excluding hydrogens is 428 g/mol. The van der Waals surface area contributed by atoms with E-state index in [0.717, 1.165) is 16.1 Å². The van der Waals surface area contributed by atoms with E-state index in [2.05, 4.69) is 5.32 Å². The van der Waals surface area contributed by atoms with Gasteiger partial charge in [-0.3, -0.25) is 9.10 Å². The minimum Gasteiger partial charge on any atom is -0.496 e. The number of benzene rings is 3.